The lowest BCUT2D eigenvalue weighted by molar-refractivity contribution is 0.101. The molecule has 0 atom stereocenters. The summed E-state index contributed by atoms with van der Waals surface area (Å²) in [6.45, 7) is 4.15. The molecule has 0 aliphatic carbocycles. The van der Waals surface area contributed by atoms with Gasteiger partial charge in [0.15, 0.2) is 0 Å². The molecular weight excluding hydrogens is 390 g/mol. The van der Waals surface area contributed by atoms with E-state index in [1.807, 2.05) is 31.2 Å². The Labute approximate surface area is 171 Å². The van der Waals surface area contributed by atoms with Gasteiger partial charge in [-0.1, -0.05) is 53.6 Å². The number of halogens is 1. The molecule has 4 aromatic rings. The minimum atomic E-state index is -0.526. The highest BCUT2D eigenvalue weighted by molar-refractivity contribution is 6.33. The van der Waals surface area contributed by atoms with Crippen LogP contribution in [0.3, 0.4) is 0 Å². The van der Waals surface area contributed by atoms with E-state index >= 15 is 0 Å². The molecule has 0 fully saturated rings. The number of fused-ring (bicyclic) bond motifs is 1. The summed E-state index contributed by atoms with van der Waals surface area (Å²) < 4.78 is 2.62. The zero-order valence-corrected chi connectivity index (χ0v) is 16.6. The first kappa shape index (κ1) is 18.9. The van der Waals surface area contributed by atoms with Crippen LogP contribution in [0.1, 0.15) is 27.2 Å². The van der Waals surface area contributed by atoms with Gasteiger partial charge in [-0.25, -0.2) is 14.3 Å². The van der Waals surface area contributed by atoms with Crippen molar-refractivity contribution in [2.75, 3.05) is 5.43 Å². The van der Waals surface area contributed by atoms with Crippen molar-refractivity contribution in [1.29, 1.82) is 0 Å². The Morgan fingerprint density at radius 3 is 2.59 bits per heavy atom. The largest absolute Gasteiger partial charge is 0.280 e. The molecule has 0 unspecified atom stereocenters. The highest BCUT2D eigenvalue weighted by Crippen LogP contribution is 2.21. The van der Waals surface area contributed by atoms with Gasteiger partial charge in [0, 0.05) is 0 Å². The van der Waals surface area contributed by atoms with Crippen LogP contribution in [0.5, 0.6) is 0 Å². The maximum Gasteiger partial charge on any atom is 0.280 e. The third-order valence-electron chi connectivity index (χ3n) is 4.63. The lowest BCUT2D eigenvalue weighted by atomic mass is 10.1. The van der Waals surface area contributed by atoms with E-state index in [2.05, 4.69) is 15.5 Å². The molecule has 0 saturated carbocycles. The summed E-state index contributed by atoms with van der Waals surface area (Å²) >= 11 is 6.44. The molecule has 1 N–H and O–H groups in total. The molecule has 2 heterocycles. The third-order valence-corrected chi connectivity index (χ3v) is 5.02. The summed E-state index contributed by atoms with van der Waals surface area (Å²) in [6, 6.07) is 14.9. The first-order chi connectivity index (χ1) is 13.9. The van der Waals surface area contributed by atoms with Crippen molar-refractivity contribution in [1.82, 2.24) is 19.4 Å². The van der Waals surface area contributed by atoms with Crippen LogP contribution >= 0.6 is 11.6 Å². The standard InChI is InChI=1S/C21H18ClN5O2/c1-13-7-9-15(10-8-13)11-26-19(22)18(14(2)24-26)20(28)25-27-12-23-17-6-4-3-5-16(17)21(27)29/h3-10,12H,11H2,1-2H3,(H,25,28). The van der Waals surface area contributed by atoms with Gasteiger partial charge in [0.2, 0.25) is 0 Å². The van der Waals surface area contributed by atoms with Crippen molar-refractivity contribution in [2.24, 2.45) is 0 Å². The molecule has 29 heavy (non-hydrogen) atoms. The normalized spacial score (nSPS) is 11.0. The second-order valence-electron chi connectivity index (χ2n) is 6.77. The van der Waals surface area contributed by atoms with Gasteiger partial charge in [0.25, 0.3) is 11.5 Å². The Kier molecular flexibility index (Phi) is 4.90. The highest BCUT2D eigenvalue weighted by atomic mass is 35.5. The number of carbonyl (C=O) groups excluding carboxylic acids is 1. The van der Waals surface area contributed by atoms with Crippen LogP contribution in [0, 0.1) is 13.8 Å². The monoisotopic (exact) mass is 407 g/mol. The van der Waals surface area contributed by atoms with Crippen LogP contribution in [0.2, 0.25) is 5.15 Å². The Hall–Kier alpha value is -3.45. The Morgan fingerprint density at radius 1 is 1.10 bits per heavy atom. The number of hydrogen-bond donors (Lipinski definition) is 1. The van der Waals surface area contributed by atoms with Crippen LogP contribution in [0.25, 0.3) is 10.9 Å². The van der Waals surface area contributed by atoms with Gasteiger partial charge >= 0.3 is 0 Å². The lowest BCUT2D eigenvalue weighted by Gasteiger charge is -2.08. The third kappa shape index (κ3) is 3.64. The number of aryl methyl sites for hydroxylation is 2. The van der Waals surface area contributed by atoms with E-state index in [1.54, 1.807) is 35.9 Å². The van der Waals surface area contributed by atoms with Crippen molar-refractivity contribution < 1.29 is 4.79 Å². The van der Waals surface area contributed by atoms with Gasteiger partial charge in [0.1, 0.15) is 17.0 Å². The van der Waals surface area contributed by atoms with Crippen LogP contribution in [0.4, 0.5) is 0 Å². The van der Waals surface area contributed by atoms with Crippen molar-refractivity contribution >= 4 is 28.4 Å². The summed E-state index contributed by atoms with van der Waals surface area (Å²) in [5.74, 6) is -0.526. The second-order valence-corrected chi connectivity index (χ2v) is 7.13. The number of hydrogen-bond acceptors (Lipinski definition) is 4. The number of amides is 1. The molecular formula is C21H18ClN5O2. The van der Waals surface area contributed by atoms with E-state index in [1.165, 1.54) is 6.33 Å². The Bertz CT molecular complexity index is 1270. The zero-order chi connectivity index (χ0) is 20.5. The van der Waals surface area contributed by atoms with Crippen LogP contribution in [-0.2, 0) is 6.54 Å². The molecule has 146 valence electrons. The fraction of sp³-hybridized carbons (Fsp3) is 0.143. The predicted octanol–water partition coefficient (Wildman–Crippen LogP) is 3.30. The first-order valence-corrected chi connectivity index (χ1v) is 9.38. The number of para-hydroxylation sites is 1. The van der Waals surface area contributed by atoms with Crippen molar-refractivity contribution in [3.05, 3.63) is 92.7 Å². The number of benzene rings is 2. The number of nitrogens with one attached hydrogen (secondary N) is 1. The van der Waals surface area contributed by atoms with E-state index in [0.717, 1.165) is 15.8 Å². The minimum absolute atomic E-state index is 0.211. The SMILES string of the molecule is Cc1ccc(Cn2nc(C)c(C(=O)Nn3cnc4ccccc4c3=O)c2Cl)cc1. The van der Waals surface area contributed by atoms with Gasteiger partial charge < -0.3 is 0 Å². The predicted molar refractivity (Wildman–Crippen MR) is 112 cm³/mol. The van der Waals surface area contributed by atoms with Crippen molar-refractivity contribution in [3.8, 4) is 0 Å². The summed E-state index contributed by atoms with van der Waals surface area (Å²) in [6.07, 6.45) is 1.28. The van der Waals surface area contributed by atoms with E-state index < -0.39 is 5.91 Å². The van der Waals surface area contributed by atoms with Crippen LogP contribution in [-0.4, -0.2) is 25.3 Å². The molecule has 2 aromatic carbocycles. The molecule has 1 amide bonds. The second kappa shape index (κ2) is 7.52. The Balaban J connectivity index is 1.62. The fourth-order valence-electron chi connectivity index (χ4n) is 3.10. The topological polar surface area (TPSA) is 81.8 Å². The fourth-order valence-corrected chi connectivity index (χ4v) is 3.42. The summed E-state index contributed by atoms with van der Waals surface area (Å²) in [5, 5.41) is 5.00. The van der Waals surface area contributed by atoms with E-state index in [4.69, 9.17) is 11.6 Å². The molecule has 8 heteroatoms. The lowest BCUT2D eigenvalue weighted by Crippen LogP contribution is -2.33. The highest BCUT2D eigenvalue weighted by Gasteiger charge is 2.21. The quantitative estimate of drug-likeness (QED) is 0.562. The van der Waals surface area contributed by atoms with Crippen LogP contribution < -0.4 is 11.0 Å². The number of nitrogens with zero attached hydrogens (tertiary/aromatic N) is 4. The number of rotatable bonds is 4. The van der Waals surface area contributed by atoms with Gasteiger partial charge in [-0.3, -0.25) is 15.0 Å². The summed E-state index contributed by atoms with van der Waals surface area (Å²) in [5.41, 5.74) is 5.61. The molecule has 0 aliphatic heterocycles. The van der Waals surface area contributed by atoms with E-state index in [-0.39, 0.29) is 16.3 Å². The van der Waals surface area contributed by atoms with Gasteiger partial charge in [-0.15, -0.1) is 0 Å². The van der Waals surface area contributed by atoms with Gasteiger partial charge in [-0.2, -0.15) is 5.10 Å². The molecule has 0 spiro atoms. The molecule has 4 rings (SSSR count). The molecule has 0 saturated heterocycles. The number of carbonyl (C=O) groups is 1. The van der Waals surface area contributed by atoms with Gasteiger partial charge in [0.05, 0.1) is 23.1 Å². The average Bonchev–Trinajstić information content (AvgIpc) is 2.99. The maximum absolute atomic E-state index is 12.8. The molecule has 0 bridgehead atoms. The summed E-state index contributed by atoms with van der Waals surface area (Å²) in [4.78, 5) is 29.6. The van der Waals surface area contributed by atoms with Crippen molar-refractivity contribution in [2.45, 2.75) is 20.4 Å². The molecule has 0 radical (unpaired) electrons. The van der Waals surface area contributed by atoms with E-state index in [0.29, 0.717) is 23.1 Å². The zero-order valence-electron chi connectivity index (χ0n) is 15.9. The molecule has 2 aromatic heterocycles. The van der Waals surface area contributed by atoms with Gasteiger partial charge in [-0.05, 0) is 31.5 Å². The molecule has 7 nitrogen and oxygen atoms in total. The Morgan fingerprint density at radius 2 is 1.83 bits per heavy atom. The van der Waals surface area contributed by atoms with Crippen LogP contribution in [0.15, 0.2) is 59.7 Å². The maximum atomic E-state index is 12.8. The first-order valence-electron chi connectivity index (χ1n) is 9.00. The minimum Gasteiger partial charge on any atom is -0.267 e. The summed E-state index contributed by atoms with van der Waals surface area (Å²) in [7, 11) is 0. The smallest absolute Gasteiger partial charge is 0.267 e. The van der Waals surface area contributed by atoms with Crippen molar-refractivity contribution in [3.63, 3.8) is 0 Å². The average molecular weight is 408 g/mol. The number of aromatic nitrogens is 4. The molecule has 0 aliphatic rings. The van der Waals surface area contributed by atoms with E-state index in [9.17, 15) is 9.59 Å².